The van der Waals surface area contributed by atoms with Crippen LogP contribution in [0.3, 0.4) is 0 Å². The Morgan fingerprint density at radius 2 is 1.90 bits per heavy atom. The van der Waals surface area contributed by atoms with E-state index in [0.29, 0.717) is 18.3 Å². The standard InChI is InChI=1S/C16H16O4/c17-16(18)14-7-12-3-1-2-4-13(12)8-15(14)20-10-19-9-11-5-6-11/h1-4,7-8,11H,5-6,9-10H2,(H,17,18). The van der Waals surface area contributed by atoms with Crippen LogP contribution in [0.1, 0.15) is 23.2 Å². The molecule has 0 aromatic heterocycles. The number of carboxylic acid groups (broad SMARTS) is 1. The lowest BCUT2D eigenvalue weighted by atomic mass is 10.1. The van der Waals surface area contributed by atoms with Gasteiger partial charge in [-0.1, -0.05) is 24.3 Å². The summed E-state index contributed by atoms with van der Waals surface area (Å²) in [6.07, 6.45) is 2.44. The summed E-state index contributed by atoms with van der Waals surface area (Å²) in [5, 5.41) is 11.1. The Morgan fingerprint density at radius 3 is 2.55 bits per heavy atom. The fraction of sp³-hybridized carbons (Fsp3) is 0.312. The van der Waals surface area contributed by atoms with Crippen LogP contribution in [0.2, 0.25) is 0 Å². The molecule has 0 unspecified atom stereocenters. The summed E-state index contributed by atoms with van der Waals surface area (Å²) in [6.45, 7) is 0.783. The molecule has 20 heavy (non-hydrogen) atoms. The van der Waals surface area contributed by atoms with Gasteiger partial charge in [-0.2, -0.15) is 0 Å². The molecule has 4 heteroatoms. The molecule has 0 radical (unpaired) electrons. The van der Waals surface area contributed by atoms with E-state index in [1.807, 2.05) is 24.3 Å². The quantitative estimate of drug-likeness (QED) is 0.647. The summed E-state index contributed by atoms with van der Waals surface area (Å²) in [5.41, 5.74) is 0.165. The first-order valence-electron chi connectivity index (χ1n) is 6.70. The molecule has 3 rings (SSSR count). The molecule has 4 nitrogen and oxygen atoms in total. The van der Waals surface area contributed by atoms with Gasteiger partial charge in [0.15, 0.2) is 6.79 Å². The van der Waals surface area contributed by atoms with Crippen LogP contribution < -0.4 is 4.74 Å². The smallest absolute Gasteiger partial charge is 0.339 e. The first-order valence-corrected chi connectivity index (χ1v) is 6.70. The molecule has 0 aliphatic heterocycles. The van der Waals surface area contributed by atoms with Crippen molar-refractivity contribution in [3.05, 3.63) is 42.0 Å². The highest BCUT2D eigenvalue weighted by Crippen LogP contribution is 2.29. The van der Waals surface area contributed by atoms with Crippen molar-refractivity contribution in [2.45, 2.75) is 12.8 Å². The van der Waals surface area contributed by atoms with Gasteiger partial charge >= 0.3 is 5.97 Å². The Morgan fingerprint density at radius 1 is 1.20 bits per heavy atom. The Balaban J connectivity index is 1.78. The van der Waals surface area contributed by atoms with E-state index in [1.165, 1.54) is 12.8 Å². The molecule has 0 heterocycles. The van der Waals surface area contributed by atoms with Crippen molar-refractivity contribution in [3.8, 4) is 5.75 Å². The molecular formula is C16H16O4. The van der Waals surface area contributed by atoms with Gasteiger partial charge in [0.1, 0.15) is 11.3 Å². The minimum absolute atomic E-state index is 0.0924. The fourth-order valence-electron chi connectivity index (χ4n) is 2.11. The highest BCUT2D eigenvalue weighted by atomic mass is 16.7. The van der Waals surface area contributed by atoms with Gasteiger partial charge in [-0.05, 0) is 41.7 Å². The minimum atomic E-state index is -0.993. The van der Waals surface area contributed by atoms with E-state index in [1.54, 1.807) is 12.1 Å². The zero-order valence-corrected chi connectivity index (χ0v) is 11.0. The van der Waals surface area contributed by atoms with Gasteiger partial charge in [-0.25, -0.2) is 4.79 Å². The largest absolute Gasteiger partial charge is 0.478 e. The normalized spacial score (nSPS) is 14.4. The Labute approximate surface area is 116 Å². The van der Waals surface area contributed by atoms with E-state index in [9.17, 15) is 9.90 Å². The van der Waals surface area contributed by atoms with Gasteiger partial charge in [-0.3, -0.25) is 0 Å². The van der Waals surface area contributed by atoms with E-state index in [2.05, 4.69) is 0 Å². The predicted octanol–water partition coefficient (Wildman–Crippen LogP) is 3.30. The number of fused-ring (bicyclic) bond motifs is 1. The molecule has 0 saturated heterocycles. The predicted molar refractivity (Wildman–Crippen MR) is 75.1 cm³/mol. The molecule has 2 aromatic carbocycles. The average Bonchev–Trinajstić information content (AvgIpc) is 3.26. The molecule has 0 bridgehead atoms. The fourth-order valence-corrected chi connectivity index (χ4v) is 2.11. The summed E-state index contributed by atoms with van der Waals surface area (Å²) in [7, 11) is 0. The first-order chi connectivity index (χ1) is 9.74. The Kier molecular flexibility index (Phi) is 3.56. The van der Waals surface area contributed by atoms with Gasteiger partial charge in [-0.15, -0.1) is 0 Å². The number of aromatic carboxylic acids is 1. The molecule has 1 aliphatic carbocycles. The summed E-state index contributed by atoms with van der Waals surface area (Å²) >= 11 is 0. The van der Waals surface area contributed by atoms with Crippen LogP contribution in [0.5, 0.6) is 5.75 Å². The molecule has 1 saturated carbocycles. The number of hydrogen-bond donors (Lipinski definition) is 1. The number of benzene rings is 2. The minimum Gasteiger partial charge on any atom is -0.478 e. The van der Waals surface area contributed by atoms with Crippen LogP contribution >= 0.6 is 0 Å². The average molecular weight is 272 g/mol. The molecule has 2 aromatic rings. The zero-order chi connectivity index (χ0) is 13.9. The third kappa shape index (κ3) is 2.91. The summed E-state index contributed by atoms with van der Waals surface area (Å²) in [4.78, 5) is 11.3. The molecule has 0 atom stereocenters. The van der Waals surface area contributed by atoms with E-state index >= 15 is 0 Å². The van der Waals surface area contributed by atoms with Crippen LogP contribution in [0, 0.1) is 5.92 Å². The van der Waals surface area contributed by atoms with Crippen molar-refractivity contribution in [3.63, 3.8) is 0 Å². The van der Waals surface area contributed by atoms with Gasteiger partial charge in [0.2, 0.25) is 0 Å². The molecule has 1 aliphatic rings. The molecular weight excluding hydrogens is 256 g/mol. The Hall–Kier alpha value is -2.07. The maximum atomic E-state index is 11.3. The second-order valence-corrected chi connectivity index (χ2v) is 5.08. The van der Waals surface area contributed by atoms with E-state index in [4.69, 9.17) is 9.47 Å². The summed E-state index contributed by atoms with van der Waals surface area (Å²) in [5.74, 6) is 0.0223. The van der Waals surface area contributed by atoms with Crippen LogP contribution in [0.4, 0.5) is 0 Å². The van der Waals surface area contributed by atoms with Gasteiger partial charge < -0.3 is 14.6 Å². The second kappa shape index (κ2) is 5.51. The van der Waals surface area contributed by atoms with Crippen molar-refractivity contribution >= 4 is 16.7 Å². The van der Waals surface area contributed by atoms with Crippen LogP contribution in [-0.4, -0.2) is 24.5 Å². The molecule has 1 N–H and O–H groups in total. The molecule has 0 spiro atoms. The number of ether oxygens (including phenoxy) is 2. The zero-order valence-electron chi connectivity index (χ0n) is 11.0. The lowest BCUT2D eigenvalue weighted by Gasteiger charge is -2.11. The van der Waals surface area contributed by atoms with Crippen molar-refractivity contribution in [1.29, 1.82) is 0 Å². The van der Waals surface area contributed by atoms with E-state index < -0.39 is 5.97 Å². The van der Waals surface area contributed by atoms with E-state index in [-0.39, 0.29) is 12.4 Å². The third-order valence-electron chi connectivity index (χ3n) is 3.43. The maximum Gasteiger partial charge on any atom is 0.339 e. The molecule has 0 amide bonds. The summed E-state index contributed by atoms with van der Waals surface area (Å²) in [6, 6.07) is 11.0. The second-order valence-electron chi connectivity index (χ2n) is 5.08. The number of rotatable bonds is 6. The molecule has 1 fully saturated rings. The Bertz CT molecular complexity index is 631. The monoisotopic (exact) mass is 272 g/mol. The number of hydrogen-bond acceptors (Lipinski definition) is 3. The van der Waals surface area contributed by atoms with E-state index in [0.717, 1.165) is 10.8 Å². The van der Waals surface area contributed by atoms with Gasteiger partial charge in [0, 0.05) is 0 Å². The molecule has 104 valence electrons. The van der Waals surface area contributed by atoms with Gasteiger partial charge in [0.25, 0.3) is 0 Å². The highest BCUT2D eigenvalue weighted by Gasteiger charge is 2.21. The lowest BCUT2D eigenvalue weighted by molar-refractivity contribution is 0.00928. The lowest BCUT2D eigenvalue weighted by Crippen LogP contribution is -2.08. The summed E-state index contributed by atoms with van der Waals surface area (Å²) < 4.78 is 10.9. The van der Waals surface area contributed by atoms with Crippen molar-refractivity contribution in [2.75, 3.05) is 13.4 Å². The first kappa shape index (κ1) is 12.9. The maximum absolute atomic E-state index is 11.3. The topological polar surface area (TPSA) is 55.8 Å². The van der Waals surface area contributed by atoms with Crippen LogP contribution in [0.25, 0.3) is 10.8 Å². The van der Waals surface area contributed by atoms with Crippen molar-refractivity contribution in [2.24, 2.45) is 5.92 Å². The van der Waals surface area contributed by atoms with Crippen LogP contribution in [0.15, 0.2) is 36.4 Å². The highest BCUT2D eigenvalue weighted by molar-refractivity contribution is 5.97. The number of carbonyl (C=O) groups is 1. The van der Waals surface area contributed by atoms with Gasteiger partial charge in [0.05, 0.1) is 6.61 Å². The van der Waals surface area contributed by atoms with Crippen LogP contribution in [-0.2, 0) is 4.74 Å². The van der Waals surface area contributed by atoms with Crippen molar-refractivity contribution < 1.29 is 19.4 Å². The number of carboxylic acids is 1. The SMILES string of the molecule is O=C(O)c1cc2ccccc2cc1OCOCC1CC1. The van der Waals surface area contributed by atoms with Crippen molar-refractivity contribution in [1.82, 2.24) is 0 Å². The third-order valence-corrected chi connectivity index (χ3v) is 3.43.